The van der Waals surface area contributed by atoms with Crippen LogP contribution in [0.2, 0.25) is 0 Å². The van der Waals surface area contributed by atoms with E-state index in [2.05, 4.69) is 0 Å². The molecule has 0 N–H and O–H groups in total. The summed E-state index contributed by atoms with van der Waals surface area (Å²) < 4.78 is 22.3. The molecule has 1 amide bonds. The van der Waals surface area contributed by atoms with E-state index >= 15 is 0 Å². The first-order valence-electron chi connectivity index (χ1n) is 8.70. The second-order valence-corrected chi connectivity index (χ2v) is 6.46. The molecule has 1 aromatic carbocycles. The van der Waals surface area contributed by atoms with Crippen LogP contribution in [0.4, 0.5) is 0 Å². The summed E-state index contributed by atoms with van der Waals surface area (Å²) in [7, 11) is 0. The maximum atomic E-state index is 12.9. The largest absolute Gasteiger partial charge is 0.454 e. The number of hydrogen-bond donors (Lipinski definition) is 0. The minimum atomic E-state index is 0.0488. The fourth-order valence-electron chi connectivity index (χ4n) is 3.82. The van der Waals surface area contributed by atoms with Gasteiger partial charge >= 0.3 is 0 Å². The van der Waals surface area contributed by atoms with Crippen molar-refractivity contribution in [3.8, 4) is 11.5 Å². The monoisotopic (exact) mass is 333 g/mol. The fourth-order valence-corrected chi connectivity index (χ4v) is 3.82. The molecule has 0 aromatic heterocycles. The Morgan fingerprint density at radius 1 is 1.25 bits per heavy atom. The number of ether oxygens (including phenoxy) is 4. The lowest BCUT2D eigenvalue weighted by atomic mass is 9.99. The zero-order valence-electron chi connectivity index (χ0n) is 13.9. The lowest BCUT2D eigenvalue weighted by Gasteiger charge is -2.35. The Kier molecular flexibility index (Phi) is 4.33. The molecule has 3 atom stereocenters. The molecule has 3 aliphatic heterocycles. The molecule has 2 saturated heterocycles. The Morgan fingerprint density at radius 2 is 2.12 bits per heavy atom. The van der Waals surface area contributed by atoms with E-state index in [1.807, 2.05) is 17.9 Å². The van der Waals surface area contributed by atoms with Crippen molar-refractivity contribution in [2.75, 3.05) is 26.6 Å². The zero-order chi connectivity index (χ0) is 16.5. The minimum Gasteiger partial charge on any atom is -0.454 e. The molecule has 6 heteroatoms. The number of likely N-dealkylation sites (tertiary alicyclic amines) is 1. The number of nitrogens with zero attached hydrogens (tertiary/aromatic N) is 1. The third kappa shape index (κ3) is 2.84. The van der Waals surface area contributed by atoms with Crippen LogP contribution in [0.15, 0.2) is 18.2 Å². The molecule has 0 spiro atoms. The van der Waals surface area contributed by atoms with Crippen LogP contribution < -0.4 is 9.47 Å². The first-order chi connectivity index (χ1) is 11.8. The van der Waals surface area contributed by atoms with Gasteiger partial charge in [0.05, 0.1) is 24.9 Å². The highest BCUT2D eigenvalue weighted by molar-refractivity contribution is 5.95. The third-order valence-corrected chi connectivity index (χ3v) is 5.02. The lowest BCUT2D eigenvalue weighted by Crippen LogP contribution is -2.45. The van der Waals surface area contributed by atoms with E-state index in [9.17, 15) is 4.79 Å². The van der Waals surface area contributed by atoms with Gasteiger partial charge < -0.3 is 23.8 Å². The van der Waals surface area contributed by atoms with Crippen LogP contribution in [0.5, 0.6) is 11.5 Å². The van der Waals surface area contributed by atoms with E-state index in [-0.39, 0.29) is 30.9 Å². The van der Waals surface area contributed by atoms with E-state index in [4.69, 9.17) is 18.9 Å². The quantitative estimate of drug-likeness (QED) is 0.845. The summed E-state index contributed by atoms with van der Waals surface area (Å²) in [6.07, 6.45) is 3.09. The van der Waals surface area contributed by atoms with Crippen molar-refractivity contribution >= 4 is 5.91 Å². The molecular weight excluding hydrogens is 310 g/mol. The number of hydrogen-bond acceptors (Lipinski definition) is 5. The number of benzene rings is 1. The zero-order valence-corrected chi connectivity index (χ0v) is 13.9. The van der Waals surface area contributed by atoms with Gasteiger partial charge in [-0.1, -0.05) is 0 Å². The standard InChI is InChI=1S/C18H23NO5/c1-2-21-10-13-4-5-14-15(24-13)7-8-19(14)18(20)12-3-6-16-17(9-12)23-11-22-16/h3,6,9,13-15H,2,4-5,7-8,10-11H2,1H3/t13-,14+,15+/m0/s1. The van der Waals surface area contributed by atoms with Gasteiger partial charge in [-0.2, -0.15) is 0 Å². The van der Waals surface area contributed by atoms with Gasteiger partial charge in [-0.3, -0.25) is 4.79 Å². The Labute approximate surface area is 141 Å². The molecule has 4 rings (SSSR count). The molecule has 24 heavy (non-hydrogen) atoms. The van der Waals surface area contributed by atoms with Crippen LogP contribution in [0.25, 0.3) is 0 Å². The van der Waals surface area contributed by atoms with Gasteiger partial charge in [0, 0.05) is 18.7 Å². The number of carbonyl (C=O) groups is 1. The third-order valence-electron chi connectivity index (χ3n) is 5.02. The molecule has 3 aliphatic rings. The van der Waals surface area contributed by atoms with Crippen molar-refractivity contribution in [3.63, 3.8) is 0 Å². The molecule has 0 radical (unpaired) electrons. The van der Waals surface area contributed by atoms with Crippen molar-refractivity contribution in [2.24, 2.45) is 0 Å². The average Bonchev–Trinajstić information content (AvgIpc) is 3.24. The molecule has 130 valence electrons. The van der Waals surface area contributed by atoms with E-state index in [1.165, 1.54) is 0 Å². The Morgan fingerprint density at radius 3 is 3.00 bits per heavy atom. The van der Waals surface area contributed by atoms with Gasteiger partial charge in [-0.15, -0.1) is 0 Å². The Hall–Kier alpha value is -1.79. The van der Waals surface area contributed by atoms with Crippen LogP contribution in [0.3, 0.4) is 0 Å². The van der Waals surface area contributed by atoms with E-state index in [0.29, 0.717) is 30.3 Å². The molecule has 2 fully saturated rings. The molecule has 1 aromatic rings. The van der Waals surface area contributed by atoms with Crippen molar-refractivity contribution in [1.29, 1.82) is 0 Å². The summed E-state index contributed by atoms with van der Waals surface area (Å²) in [6.45, 7) is 4.31. The highest BCUT2D eigenvalue weighted by atomic mass is 16.7. The first kappa shape index (κ1) is 15.7. The van der Waals surface area contributed by atoms with E-state index in [1.54, 1.807) is 12.1 Å². The van der Waals surface area contributed by atoms with Gasteiger partial charge in [-0.05, 0) is 44.4 Å². The smallest absolute Gasteiger partial charge is 0.254 e. The number of amides is 1. The fraction of sp³-hybridized carbons (Fsp3) is 0.611. The SMILES string of the molecule is CCOC[C@@H]1CC[C@@H]2[C@@H](CCN2C(=O)c2ccc3c(c2)OCO3)O1. The van der Waals surface area contributed by atoms with Crippen LogP contribution in [0.1, 0.15) is 36.5 Å². The second-order valence-electron chi connectivity index (χ2n) is 6.46. The van der Waals surface area contributed by atoms with E-state index in [0.717, 1.165) is 25.8 Å². The summed E-state index contributed by atoms with van der Waals surface area (Å²) in [6, 6.07) is 5.56. The predicted octanol–water partition coefficient (Wildman–Crippen LogP) is 2.21. The maximum absolute atomic E-state index is 12.9. The van der Waals surface area contributed by atoms with Crippen molar-refractivity contribution < 1.29 is 23.7 Å². The number of carbonyl (C=O) groups excluding carboxylic acids is 1. The van der Waals surface area contributed by atoms with Crippen LogP contribution in [0, 0.1) is 0 Å². The highest BCUT2D eigenvalue weighted by Crippen LogP contribution is 2.35. The Balaban J connectivity index is 1.43. The summed E-state index contributed by atoms with van der Waals surface area (Å²) >= 11 is 0. The molecule has 0 aliphatic carbocycles. The minimum absolute atomic E-state index is 0.0488. The molecule has 0 saturated carbocycles. The summed E-state index contributed by atoms with van der Waals surface area (Å²) in [5.41, 5.74) is 0.649. The summed E-state index contributed by atoms with van der Waals surface area (Å²) in [4.78, 5) is 14.9. The van der Waals surface area contributed by atoms with Crippen molar-refractivity contribution in [3.05, 3.63) is 23.8 Å². The number of rotatable bonds is 4. The molecule has 0 unspecified atom stereocenters. The van der Waals surface area contributed by atoms with Crippen LogP contribution >= 0.6 is 0 Å². The van der Waals surface area contributed by atoms with Crippen LogP contribution in [-0.2, 0) is 9.47 Å². The summed E-state index contributed by atoms with van der Waals surface area (Å²) in [5, 5.41) is 0. The summed E-state index contributed by atoms with van der Waals surface area (Å²) in [5.74, 6) is 1.39. The van der Waals surface area contributed by atoms with Gasteiger partial charge in [0.1, 0.15) is 0 Å². The highest BCUT2D eigenvalue weighted by Gasteiger charge is 2.42. The topological polar surface area (TPSA) is 57.2 Å². The van der Waals surface area contributed by atoms with Gasteiger partial charge in [0.2, 0.25) is 6.79 Å². The first-order valence-corrected chi connectivity index (χ1v) is 8.70. The molecular formula is C18H23NO5. The van der Waals surface area contributed by atoms with Gasteiger partial charge in [-0.25, -0.2) is 0 Å². The number of fused-ring (bicyclic) bond motifs is 2. The average molecular weight is 333 g/mol. The molecule has 6 nitrogen and oxygen atoms in total. The normalized spacial score (nSPS) is 28.0. The molecule has 3 heterocycles. The lowest BCUT2D eigenvalue weighted by molar-refractivity contribution is -0.0951. The Bertz CT molecular complexity index is 619. The second kappa shape index (κ2) is 6.61. The van der Waals surface area contributed by atoms with Gasteiger partial charge in [0.25, 0.3) is 5.91 Å². The van der Waals surface area contributed by atoms with Crippen LogP contribution in [-0.4, -0.2) is 55.6 Å². The van der Waals surface area contributed by atoms with Crippen molar-refractivity contribution in [2.45, 2.75) is 44.4 Å². The predicted molar refractivity (Wildman–Crippen MR) is 86.4 cm³/mol. The van der Waals surface area contributed by atoms with Crippen molar-refractivity contribution in [1.82, 2.24) is 4.90 Å². The molecule has 0 bridgehead atoms. The van der Waals surface area contributed by atoms with E-state index < -0.39 is 0 Å². The maximum Gasteiger partial charge on any atom is 0.254 e. The van der Waals surface area contributed by atoms with Gasteiger partial charge in [0.15, 0.2) is 11.5 Å².